The van der Waals surface area contributed by atoms with Gasteiger partial charge in [-0.2, -0.15) is 0 Å². The summed E-state index contributed by atoms with van der Waals surface area (Å²) in [5, 5.41) is 2.42. The van der Waals surface area contributed by atoms with E-state index in [2.05, 4.69) is 42.6 Å². The summed E-state index contributed by atoms with van der Waals surface area (Å²) < 4.78 is 0. The Hall–Kier alpha value is -0.860. The number of hydrogen-bond acceptors (Lipinski definition) is 0. The summed E-state index contributed by atoms with van der Waals surface area (Å²) in [6, 6.07) is 11.5. The van der Waals surface area contributed by atoms with Crippen LogP contribution in [0.15, 0.2) is 30.3 Å². The molecule has 2 nitrogen and oxygen atoms in total. The van der Waals surface area contributed by atoms with Crippen molar-refractivity contribution in [3.8, 4) is 0 Å². The van der Waals surface area contributed by atoms with Gasteiger partial charge in [0.05, 0.1) is 0 Å². The molecular weight excluding hydrogens is 172 g/mol. The summed E-state index contributed by atoms with van der Waals surface area (Å²) >= 11 is 0. The molecule has 0 aromatic heterocycles. The molecule has 1 aromatic rings. The van der Waals surface area contributed by atoms with Crippen LogP contribution >= 0.6 is 0 Å². The molecule has 2 heteroatoms. The molecule has 1 aromatic carbocycles. The standard InChI is InChI=1S/C12H18N2/c1-11(12-5-3-2-4-6-12)14-9-7-13-8-10-14/h2-6,11,13H,7-10H2,1H3/p+2/t11-/m1/s1. The van der Waals surface area contributed by atoms with E-state index in [0.717, 1.165) is 0 Å². The van der Waals surface area contributed by atoms with E-state index in [-0.39, 0.29) is 0 Å². The third-order valence-corrected chi connectivity index (χ3v) is 3.25. The second-order valence-corrected chi connectivity index (χ2v) is 4.16. The molecule has 0 unspecified atom stereocenters. The van der Waals surface area contributed by atoms with Crippen LogP contribution in [0.2, 0.25) is 0 Å². The summed E-state index contributed by atoms with van der Waals surface area (Å²) in [5.41, 5.74) is 1.48. The lowest BCUT2D eigenvalue weighted by Gasteiger charge is -2.28. The smallest absolute Gasteiger partial charge is 0.127 e. The first-order valence-electron chi connectivity index (χ1n) is 5.59. The Morgan fingerprint density at radius 3 is 2.43 bits per heavy atom. The maximum atomic E-state index is 2.42. The summed E-state index contributed by atoms with van der Waals surface area (Å²) in [4.78, 5) is 1.73. The van der Waals surface area contributed by atoms with Gasteiger partial charge in [-0.15, -0.1) is 0 Å². The second kappa shape index (κ2) is 4.58. The largest absolute Gasteiger partial charge is 0.337 e. The van der Waals surface area contributed by atoms with Gasteiger partial charge in [-0.25, -0.2) is 0 Å². The Kier molecular flexibility index (Phi) is 3.17. The topological polar surface area (TPSA) is 21.1 Å². The maximum Gasteiger partial charge on any atom is 0.127 e. The van der Waals surface area contributed by atoms with Gasteiger partial charge in [0, 0.05) is 5.56 Å². The van der Waals surface area contributed by atoms with Crippen LogP contribution in [-0.4, -0.2) is 26.2 Å². The van der Waals surface area contributed by atoms with E-state index >= 15 is 0 Å². The summed E-state index contributed by atoms with van der Waals surface area (Å²) in [5.74, 6) is 0. The minimum atomic E-state index is 0.657. The van der Waals surface area contributed by atoms with E-state index in [0.29, 0.717) is 6.04 Å². The predicted octanol–water partition coefficient (Wildman–Crippen LogP) is -0.790. The molecule has 1 aliphatic rings. The van der Waals surface area contributed by atoms with Crippen LogP contribution in [0.3, 0.4) is 0 Å². The number of nitrogens with one attached hydrogen (secondary N) is 1. The highest BCUT2D eigenvalue weighted by atomic mass is 15.2. The molecule has 1 aliphatic heterocycles. The number of hydrogen-bond donors (Lipinski definition) is 2. The molecule has 3 N–H and O–H groups in total. The lowest BCUT2D eigenvalue weighted by Crippen LogP contribution is -3.20. The van der Waals surface area contributed by atoms with Gasteiger partial charge in [0.25, 0.3) is 0 Å². The Balaban J connectivity index is 2.03. The van der Waals surface area contributed by atoms with Crippen LogP contribution in [0.25, 0.3) is 0 Å². The molecular formula is C12H20N2+2. The molecule has 1 heterocycles. The second-order valence-electron chi connectivity index (χ2n) is 4.16. The molecule has 0 aliphatic carbocycles. The van der Waals surface area contributed by atoms with Gasteiger partial charge >= 0.3 is 0 Å². The van der Waals surface area contributed by atoms with Crippen molar-refractivity contribution in [2.75, 3.05) is 26.2 Å². The molecule has 1 saturated heterocycles. The van der Waals surface area contributed by atoms with Crippen molar-refractivity contribution in [2.45, 2.75) is 13.0 Å². The van der Waals surface area contributed by atoms with E-state index < -0.39 is 0 Å². The minimum Gasteiger partial charge on any atom is -0.337 e. The molecule has 0 spiro atoms. The van der Waals surface area contributed by atoms with Crippen molar-refractivity contribution in [3.05, 3.63) is 35.9 Å². The van der Waals surface area contributed by atoms with Crippen molar-refractivity contribution < 1.29 is 10.2 Å². The molecule has 0 amide bonds. The summed E-state index contributed by atoms with van der Waals surface area (Å²) in [6.07, 6.45) is 0. The van der Waals surface area contributed by atoms with E-state index in [4.69, 9.17) is 0 Å². The summed E-state index contributed by atoms with van der Waals surface area (Å²) in [6.45, 7) is 7.52. The normalized spacial score (nSPS) is 20.6. The van der Waals surface area contributed by atoms with Crippen molar-refractivity contribution in [2.24, 2.45) is 0 Å². The van der Waals surface area contributed by atoms with E-state index in [1.54, 1.807) is 4.90 Å². The number of nitrogens with two attached hydrogens (primary N) is 1. The van der Waals surface area contributed by atoms with Crippen LogP contribution in [0.5, 0.6) is 0 Å². The van der Waals surface area contributed by atoms with Gasteiger partial charge in [-0.05, 0) is 6.92 Å². The first kappa shape index (κ1) is 9.69. The van der Waals surface area contributed by atoms with Crippen LogP contribution in [-0.2, 0) is 0 Å². The zero-order valence-electron chi connectivity index (χ0n) is 8.87. The predicted molar refractivity (Wildman–Crippen MR) is 57.2 cm³/mol. The Bertz CT molecular complexity index is 265. The molecule has 1 atom stereocenters. The monoisotopic (exact) mass is 192 g/mol. The number of quaternary nitrogens is 2. The fourth-order valence-electron chi connectivity index (χ4n) is 2.25. The SMILES string of the molecule is C[C@H](c1ccccc1)[NH+]1CC[NH2+]CC1. The van der Waals surface area contributed by atoms with Crippen LogP contribution in [0.1, 0.15) is 18.5 Å². The molecule has 0 saturated carbocycles. The Morgan fingerprint density at radius 2 is 1.79 bits per heavy atom. The Morgan fingerprint density at radius 1 is 1.14 bits per heavy atom. The maximum absolute atomic E-state index is 2.42. The zero-order chi connectivity index (χ0) is 9.80. The average Bonchev–Trinajstić information content (AvgIpc) is 2.30. The van der Waals surface area contributed by atoms with Gasteiger partial charge < -0.3 is 10.2 Å². The van der Waals surface area contributed by atoms with E-state index in [9.17, 15) is 0 Å². The fraction of sp³-hybridized carbons (Fsp3) is 0.500. The Labute approximate surface area is 85.9 Å². The lowest BCUT2D eigenvalue weighted by molar-refractivity contribution is -0.970. The van der Waals surface area contributed by atoms with Crippen LogP contribution in [0.4, 0.5) is 0 Å². The van der Waals surface area contributed by atoms with Crippen LogP contribution in [0, 0.1) is 0 Å². The van der Waals surface area contributed by atoms with Gasteiger partial charge in [-0.1, -0.05) is 30.3 Å². The third kappa shape index (κ3) is 2.14. The number of piperazine rings is 1. The average molecular weight is 192 g/mol. The fourth-order valence-corrected chi connectivity index (χ4v) is 2.25. The van der Waals surface area contributed by atoms with Gasteiger partial charge in [0.1, 0.15) is 32.2 Å². The van der Waals surface area contributed by atoms with E-state index in [1.165, 1.54) is 31.7 Å². The lowest BCUT2D eigenvalue weighted by atomic mass is 10.1. The molecule has 0 radical (unpaired) electrons. The van der Waals surface area contributed by atoms with Crippen molar-refractivity contribution in [1.82, 2.24) is 0 Å². The first-order valence-corrected chi connectivity index (χ1v) is 5.59. The van der Waals surface area contributed by atoms with Crippen molar-refractivity contribution in [3.63, 3.8) is 0 Å². The highest BCUT2D eigenvalue weighted by molar-refractivity contribution is 5.16. The molecule has 14 heavy (non-hydrogen) atoms. The zero-order valence-corrected chi connectivity index (χ0v) is 8.87. The van der Waals surface area contributed by atoms with Gasteiger partial charge in [0.15, 0.2) is 0 Å². The van der Waals surface area contributed by atoms with Crippen LogP contribution < -0.4 is 10.2 Å². The van der Waals surface area contributed by atoms with Crippen molar-refractivity contribution >= 4 is 0 Å². The number of rotatable bonds is 2. The molecule has 2 rings (SSSR count). The highest BCUT2D eigenvalue weighted by Crippen LogP contribution is 2.07. The van der Waals surface area contributed by atoms with Crippen molar-refractivity contribution in [1.29, 1.82) is 0 Å². The summed E-state index contributed by atoms with van der Waals surface area (Å²) in [7, 11) is 0. The number of benzene rings is 1. The highest BCUT2D eigenvalue weighted by Gasteiger charge is 2.22. The van der Waals surface area contributed by atoms with E-state index in [1.807, 2.05) is 0 Å². The molecule has 76 valence electrons. The first-order chi connectivity index (χ1) is 6.88. The molecule has 1 fully saturated rings. The quantitative estimate of drug-likeness (QED) is 0.613. The minimum absolute atomic E-state index is 0.657. The van der Waals surface area contributed by atoms with Gasteiger partial charge in [0.2, 0.25) is 0 Å². The third-order valence-electron chi connectivity index (χ3n) is 3.25. The molecule has 0 bridgehead atoms. The van der Waals surface area contributed by atoms with Gasteiger partial charge in [-0.3, -0.25) is 0 Å².